The lowest BCUT2D eigenvalue weighted by atomic mass is 10.1. The van der Waals surface area contributed by atoms with Crippen molar-refractivity contribution in [3.05, 3.63) is 0 Å². The molecule has 172 valence electrons. The van der Waals surface area contributed by atoms with Crippen molar-refractivity contribution in [2.24, 2.45) is 0 Å². The number of amides is 2. The summed E-state index contributed by atoms with van der Waals surface area (Å²) >= 11 is 0. The van der Waals surface area contributed by atoms with Crippen LogP contribution in [0.5, 0.6) is 0 Å². The maximum absolute atomic E-state index is 13.3. The van der Waals surface area contributed by atoms with E-state index in [4.69, 9.17) is 14.2 Å². The Labute approximate surface area is 179 Å². The number of rotatable bonds is 6. The molecule has 1 saturated heterocycles. The van der Waals surface area contributed by atoms with E-state index < -0.39 is 47.2 Å². The zero-order chi connectivity index (χ0) is 23.3. The van der Waals surface area contributed by atoms with E-state index in [-0.39, 0.29) is 32.6 Å². The Morgan fingerprint density at radius 1 is 0.867 bits per heavy atom. The van der Waals surface area contributed by atoms with Crippen LogP contribution in [0, 0.1) is 0 Å². The molecular formula is C21H36N2O7. The van der Waals surface area contributed by atoms with Gasteiger partial charge in [-0.25, -0.2) is 14.4 Å². The zero-order valence-electron chi connectivity index (χ0n) is 19.4. The van der Waals surface area contributed by atoms with Crippen LogP contribution < -0.4 is 0 Å². The second-order valence-corrected chi connectivity index (χ2v) is 9.15. The van der Waals surface area contributed by atoms with E-state index in [0.717, 1.165) is 0 Å². The minimum atomic E-state index is -0.896. The molecule has 1 heterocycles. The van der Waals surface area contributed by atoms with E-state index in [1.165, 1.54) is 9.80 Å². The van der Waals surface area contributed by atoms with Gasteiger partial charge in [-0.15, -0.1) is 0 Å². The maximum Gasteiger partial charge on any atom is 0.411 e. The monoisotopic (exact) mass is 428 g/mol. The molecule has 1 rings (SSSR count). The Morgan fingerprint density at radius 3 is 1.63 bits per heavy atom. The summed E-state index contributed by atoms with van der Waals surface area (Å²) in [6.07, 6.45) is -0.0747. The SMILES string of the molecule is CCOC(=O)[C@H]1CC[C@@H](C(=O)OCC)N1C(=O)CN(C(=O)OC(C)(C)C)C(C)(C)C. The molecule has 0 radical (unpaired) electrons. The number of carbonyl (C=O) groups excluding carboxylic acids is 4. The van der Waals surface area contributed by atoms with E-state index in [1.54, 1.807) is 55.4 Å². The number of nitrogens with zero attached hydrogens (tertiary/aromatic N) is 2. The van der Waals surface area contributed by atoms with Crippen molar-refractivity contribution in [2.45, 2.75) is 91.5 Å². The summed E-state index contributed by atoms with van der Waals surface area (Å²) in [7, 11) is 0. The molecule has 0 aromatic carbocycles. The van der Waals surface area contributed by atoms with Crippen LogP contribution in [0.4, 0.5) is 4.79 Å². The predicted octanol–water partition coefficient (Wildman–Crippen LogP) is 2.51. The normalized spacial score (nSPS) is 19.3. The first-order valence-corrected chi connectivity index (χ1v) is 10.4. The van der Waals surface area contributed by atoms with Gasteiger partial charge in [0.1, 0.15) is 24.2 Å². The van der Waals surface area contributed by atoms with Crippen molar-refractivity contribution < 1.29 is 33.4 Å². The second kappa shape index (κ2) is 10.1. The Hall–Kier alpha value is -2.32. The molecule has 9 heteroatoms. The van der Waals surface area contributed by atoms with Crippen molar-refractivity contribution >= 4 is 23.9 Å². The van der Waals surface area contributed by atoms with Gasteiger partial charge >= 0.3 is 18.0 Å². The van der Waals surface area contributed by atoms with E-state index in [0.29, 0.717) is 0 Å². The first kappa shape index (κ1) is 25.7. The summed E-state index contributed by atoms with van der Waals surface area (Å²) in [4.78, 5) is 53.3. The lowest BCUT2D eigenvalue weighted by molar-refractivity contribution is -0.160. The Morgan fingerprint density at radius 2 is 1.30 bits per heavy atom. The second-order valence-electron chi connectivity index (χ2n) is 9.15. The zero-order valence-corrected chi connectivity index (χ0v) is 19.4. The molecule has 0 aromatic heterocycles. The molecule has 0 N–H and O–H groups in total. The van der Waals surface area contributed by atoms with Crippen LogP contribution in [0.2, 0.25) is 0 Å². The molecular weight excluding hydrogens is 392 g/mol. The quantitative estimate of drug-likeness (QED) is 0.473. The van der Waals surface area contributed by atoms with Gasteiger partial charge in [0.2, 0.25) is 5.91 Å². The third-order valence-electron chi connectivity index (χ3n) is 4.51. The first-order valence-electron chi connectivity index (χ1n) is 10.4. The molecule has 0 bridgehead atoms. The van der Waals surface area contributed by atoms with Crippen molar-refractivity contribution in [3.63, 3.8) is 0 Å². The molecule has 2 amide bonds. The number of ether oxygens (including phenoxy) is 3. The Bertz CT molecular complexity index is 623. The molecule has 1 fully saturated rings. The number of hydrogen-bond acceptors (Lipinski definition) is 7. The highest BCUT2D eigenvalue weighted by atomic mass is 16.6. The fraction of sp³-hybridized carbons (Fsp3) is 0.810. The van der Waals surface area contributed by atoms with Crippen molar-refractivity contribution in [3.8, 4) is 0 Å². The van der Waals surface area contributed by atoms with Gasteiger partial charge in [0.15, 0.2) is 0 Å². The third kappa shape index (κ3) is 6.88. The maximum atomic E-state index is 13.3. The van der Waals surface area contributed by atoms with Gasteiger partial charge in [0.05, 0.1) is 13.2 Å². The van der Waals surface area contributed by atoms with E-state index in [2.05, 4.69) is 0 Å². The van der Waals surface area contributed by atoms with Crippen molar-refractivity contribution in [1.82, 2.24) is 9.80 Å². The molecule has 0 aromatic rings. The van der Waals surface area contributed by atoms with Crippen LogP contribution in [0.3, 0.4) is 0 Å². The number of hydrogen-bond donors (Lipinski definition) is 0. The van der Waals surface area contributed by atoms with Crippen LogP contribution in [0.25, 0.3) is 0 Å². The molecule has 1 aliphatic rings. The van der Waals surface area contributed by atoms with Gasteiger partial charge < -0.3 is 19.1 Å². The van der Waals surface area contributed by atoms with Gasteiger partial charge in [-0.3, -0.25) is 9.69 Å². The van der Waals surface area contributed by atoms with Crippen LogP contribution >= 0.6 is 0 Å². The molecule has 0 unspecified atom stereocenters. The van der Waals surface area contributed by atoms with Crippen LogP contribution in [0.15, 0.2) is 0 Å². The highest BCUT2D eigenvalue weighted by Crippen LogP contribution is 2.28. The molecule has 2 atom stereocenters. The minimum absolute atomic E-state index is 0.160. The average Bonchev–Trinajstić information content (AvgIpc) is 3.02. The third-order valence-corrected chi connectivity index (χ3v) is 4.51. The smallest absolute Gasteiger partial charge is 0.411 e. The van der Waals surface area contributed by atoms with Gasteiger partial charge in [0.25, 0.3) is 0 Å². The van der Waals surface area contributed by atoms with E-state index >= 15 is 0 Å². The predicted molar refractivity (Wildman–Crippen MR) is 110 cm³/mol. The van der Waals surface area contributed by atoms with Gasteiger partial charge in [-0.1, -0.05) is 0 Å². The molecule has 0 spiro atoms. The van der Waals surface area contributed by atoms with Crippen LogP contribution in [-0.4, -0.2) is 76.7 Å². The fourth-order valence-corrected chi connectivity index (χ4v) is 3.21. The fourth-order valence-electron chi connectivity index (χ4n) is 3.21. The van der Waals surface area contributed by atoms with E-state index in [9.17, 15) is 19.2 Å². The van der Waals surface area contributed by atoms with E-state index in [1.807, 2.05) is 0 Å². The molecule has 1 aliphatic heterocycles. The number of likely N-dealkylation sites (tertiary alicyclic amines) is 1. The highest BCUT2D eigenvalue weighted by Gasteiger charge is 2.47. The number of esters is 2. The Balaban J connectivity index is 3.18. The molecule has 0 saturated carbocycles. The van der Waals surface area contributed by atoms with Crippen molar-refractivity contribution in [2.75, 3.05) is 19.8 Å². The first-order chi connectivity index (χ1) is 13.7. The summed E-state index contributed by atoms with van der Waals surface area (Å²) in [6.45, 7) is 13.9. The van der Waals surface area contributed by atoms with Gasteiger partial charge in [0, 0.05) is 5.54 Å². The standard InChI is InChI=1S/C21H36N2O7/c1-9-28-17(25)14-11-12-15(18(26)29-10-2)23(14)16(24)13-22(20(3,4)5)19(27)30-21(6,7)8/h14-15H,9-13H2,1-8H3/t14-,15+. The lowest BCUT2D eigenvalue weighted by Gasteiger charge is -2.38. The summed E-state index contributed by atoms with van der Waals surface area (Å²) in [5, 5.41) is 0. The average molecular weight is 429 g/mol. The van der Waals surface area contributed by atoms with Crippen LogP contribution in [0.1, 0.15) is 68.2 Å². The lowest BCUT2D eigenvalue weighted by Crippen LogP contribution is -2.56. The van der Waals surface area contributed by atoms with Crippen LogP contribution in [-0.2, 0) is 28.6 Å². The number of carbonyl (C=O) groups is 4. The van der Waals surface area contributed by atoms with Gasteiger partial charge in [-0.2, -0.15) is 0 Å². The highest BCUT2D eigenvalue weighted by molar-refractivity contribution is 5.92. The Kier molecular flexibility index (Phi) is 8.68. The summed E-state index contributed by atoms with van der Waals surface area (Å²) in [5.41, 5.74) is -1.46. The molecule has 0 aliphatic carbocycles. The van der Waals surface area contributed by atoms with Crippen molar-refractivity contribution in [1.29, 1.82) is 0 Å². The topological polar surface area (TPSA) is 102 Å². The minimum Gasteiger partial charge on any atom is -0.464 e. The summed E-state index contributed by atoms with van der Waals surface area (Å²) in [5.74, 6) is -1.68. The largest absolute Gasteiger partial charge is 0.464 e. The summed E-state index contributed by atoms with van der Waals surface area (Å²) < 4.78 is 15.6. The molecule has 9 nitrogen and oxygen atoms in total. The molecule has 30 heavy (non-hydrogen) atoms. The van der Waals surface area contributed by atoms with Gasteiger partial charge in [-0.05, 0) is 68.2 Å². The summed E-state index contributed by atoms with van der Waals surface area (Å²) in [6, 6.07) is -1.79.